The highest BCUT2D eigenvalue weighted by Crippen LogP contribution is 2.18. The minimum atomic E-state index is -0.320. The number of nitrogens with zero attached hydrogens (tertiary/aromatic N) is 2. The third kappa shape index (κ3) is 1.75. The summed E-state index contributed by atoms with van der Waals surface area (Å²) >= 11 is 7.06. The van der Waals surface area contributed by atoms with Crippen molar-refractivity contribution in [1.82, 2.24) is 9.97 Å². The van der Waals surface area contributed by atoms with Gasteiger partial charge in [0.25, 0.3) is 0 Å². The summed E-state index contributed by atoms with van der Waals surface area (Å²) in [5.41, 5.74) is 10.7. The lowest BCUT2D eigenvalue weighted by Gasteiger charge is -2.01. The molecule has 0 aromatic carbocycles. The van der Waals surface area contributed by atoms with Crippen LogP contribution in [0, 0.1) is 0 Å². The number of carbonyl (C=O) groups is 1. The molecule has 0 radical (unpaired) electrons. The van der Waals surface area contributed by atoms with Gasteiger partial charge in [0.05, 0.1) is 0 Å². The van der Waals surface area contributed by atoms with Gasteiger partial charge >= 0.3 is 0 Å². The molecule has 64 valence electrons. The number of anilines is 2. The van der Waals surface area contributed by atoms with E-state index < -0.39 is 0 Å². The standard InChI is InChI=1S/C5H4ClIN4O/c6-2-5(9)11-4(8)1(10-2)3(7)12/h(H4,8,9,11). The molecule has 12 heavy (non-hydrogen) atoms. The summed E-state index contributed by atoms with van der Waals surface area (Å²) in [6.07, 6.45) is 0. The van der Waals surface area contributed by atoms with Crippen molar-refractivity contribution < 1.29 is 4.79 Å². The van der Waals surface area contributed by atoms with Crippen molar-refractivity contribution in [2.75, 3.05) is 11.5 Å². The Hall–Kier alpha value is -0.630. The van der Waals surface area contributed by atoms with Crippen LogP contribution in [0.2, 0.25) is 5.15 Å². The molecule has 1 heterocycles. The third-order valence-electron chi connectivity index (χ3n) is 1.09. The lowest BCUT2D eigenvalue weighted by Crippen LogP contribution is -2.06. The number of rotatable bonds is 1. The third-order valence-corrected chi connectivity index (χ3v) is 1.88. The summed E-state index contributed by atoms with van der Waals surface area (Å²) < 4.78 is -0.320. The monoisotopic (exact) mass is 298 g/mol. The zero-order valence-corrected chi connectivity index (χ0v) is 8.63. The minimum absolute atomic E-state index is 0.00343. The van der Waals surface area contributed by atoms with E-state index >= 15 is 0 Å². The second kappa shape index (κ2) is 3.40. The van der Waals surface area contributed by atoms with Gasteiger partial charge in [0, 0.05) is 22.6 Å². The molecule has 7 heteroatoms. The van der Waals surface area contributed by atoms with Crippen LogP contribution in [0.3, 0.4) is 0 Å². The Labute approximate surface area is 86.6 Å². The van der Waals surface area contributed by atoms with E-state index in [4.69, 9.17) is 23.1 Å². The molecule has 0 amide bonds. The van der Waals surface area contributed by atoms with Crippen molar-refractivity contribution in [1.29, 1.82) is 0 Å². The van der Waals surface area contributed by atoms with E-state index in [1.807, 2.05) is 0 Å². The molecule has 5 nitrogen and oxygen atoms in total. The molecule has 1 aromatic rings. The van der Waals surface area contributed by atoms with Crippen molar-refractivity contribution in [3.05, 3.63) is 10.8 Å². The summed E-state index contributed by atoms with van der Waals surface area (Å²) in [6.45, 7) is 0. The van der Waals surface area contributed by atoms with Crippen molar-refractivity contribution in [3.63, 3.8) is 0 Å². The van der Waals surface area contributed by atoms with Crippen LogP contribution in [0.1, 0.15) is 10.5 Å². The predicted molar refractivity (Wildman–Crippen MR) is 54.2 cm³/mol. The Morgan fingerprint density at radius 3 is 2.42 bits per heavy atom. The molecule has 4 N–H and O–H groups in total. The number of halogens is 2. The molecule has 0 spiro atoms. The van der Waals surface area contributed by atoms with Gasteiger partial charge in [-0.25, -0.2) is 9.97 Å². The predicted octanol–water partition coefficient (Wildman–Crippen LogP) is 0.870. The van der Waals surface area contributed by atoms with E-state index in [0.29, 0.717) is 0 Å². The van der Waals surface area contributed by atoms with Gasteiger partial charge in [0.2, 0.25) is 3.79 Å². The van der Waals surface area contributed by atoms with E-state index in [-0.39, 0.29) is 26.3 Å². The van der Waals surface area contributed by atoms with Crippen LogP contribution in [-0.2, 0) is 0 Å². The highest BCUT2D eigenvalue weighted by molar-refractivity contribution is 14.1. The molecule has 0 fully saturated rings. The normalized spacial score (nSPS) is 9.83. The minimum Gasteiger partial charge on any atom is -0.382 e. The Balaban J connectivity index is 3.33. The molecule has 0 unspecified atom stereocenters. The van der Waals surface area contributed by atoms with Gasteiger partial charge in [0.15, 0.2) is 22.5 Å². The first-order valence-corrected chi connectivity index (χ1v) is 4.26. The van der Waals surface area contributed by atoms with Crippen LogP contribution in [-0.4, -0.2) is 13.8 Å². The first-order valence-electron chi connectivity index (χ1n) is 2.80. The first kappa shape index (κ1) is 9.46. The summed E-state index contributed by atoms with van der Waals surface area (Å²) in [4.78, 5) is 18.1. The van der Waals surface area contributed by atoms with Gasteiger partial charge in [-0.2, -0.15) is 0 Å². The summed E-state index contributed by atoms with van der Waals surface area (Å²) in [5.74, 6) is 0.0202. The molecule has 0 aliphatic heterocycles. The Morgan fingerprint density at radius 1 is 1.33 bits per heavy atom. The molecule has 0 saturated heterocycles. The molecule has 0 aliphatic carbocycles. The SMILES string of the molecule is Nc1nc(N)c(C(=O)I)nc1Cl. The highest BCUT2D eigenvalue weighted by Gasteiger charge is 2.12. The molecule has 0 saturated carbocycles. The number of hydrogen-bond acceptors (Lipinski definition) is 5. The number of aromatic nitrogens is 2. The smallest absolute Gasteiger partial charge is 0.244 e. The first-order chi connectivity index (χ1) is 5.52. The Kier molecular flexibility index (Phi) is 2.68. The van der Waals surface area contributed by atoms with Gasteiger partial charge < -0.3 is 11.5 Å². The summed E-state index contributed by atoms with van der Waals surface area (Å²) in [6, 6.07) is 0. The van der Waals surface area contributed by atoms with Crippen LogP contribution in [0.5, 0.6) is 0 Å². The maximum atomic E-state index is 10.8. The molecule has 1 rings (SSSR count). The van der Waals surface area contributed by atoms with Crippen LogP contribution >= 0.6 is 34.2 Å². The number of nitrogens with two attached hydrogens (primary N) is 2. The molecule has 1 aromatic heterocycles. The van der Waals surface area contributed by atoms with Gasteiger partial charge in [-0.1, -0.05) is 11.6 Å². The van der Waals surface area contributed by atoms with Crippen molar-refractivity contribution >= 4 is 49.6 Å². The second-order valence-corrected chi connectivity index (χ2v) is 3.24. The molecule has 0 bridgehead atoms. The highest BCUT2D eigenvalue weighted by atomic mass is 127. The van der Waals surface area contributed by atoms with Crippen LogP contribution in [0.25, 0.3) is 0 Å². The second-order valence-electron chi connectivity index (χ2n) is 1.91. The van der Waals surface area contributed by atoms with E-state index in [1.54, 1.807) is 22.6 Å². The van der Waals surface area contributed by atoms with E-state index in [1.165, 1.54) is 0 Å². The lowest BCUT2D eigenvalue weighted by atomic mass is 10.4. The van der Waals surface area contributed by atoms with E-state index in [9.17, 15) is 4.79 Å². The zero-order valence-electron chi connectivity index (χ0n) is 5.71. The van der Waals surface area contributed by atoms with Crippen LogP contribution in [0.4, 0.5) is 11.6 Å². The molecule has 0 aliphatic rings. The van der Waals surface area contributed by atoms with Gasteiger partial charge in [-0.05, 0) is 0 Å². The average Bonchev–Trinajstić information content (AvgIpc) is 1.96. The summed E-state index contributed by atoms with van der Waals surface area (Å²) in [5, 5.41) is -0.00999. The van der Waals surface area contributed by atoms with Crippen LogP contribution < -0.4 is 11.5 Å². The Morgan fingerprint density at radius 2 is 1.92 bits per heavy atom. The van der Waals surface area contributed by atoms with Crippen molar-refractivity contribution in [2.45, 2.75) is 0 Å². The fraction of sp³-hybridized carbons (Fsp3) is 0. The lowest BCUT2D eigenvalue weighted by molar-refractivity contribution is 0.110. The number of nitrogen functional groups attached to an aromatic ring is 2. The van der Waals surface area contributed by atoms with E-state index in [2.05, 4.69) is 9.97 Å². The average molecular weight is 298 g/mol. The maximum Gasteiger partial charge on any atom is 0.244 e. The molecule has 0 atom stereocenters. The largest absolute Gasteiger partial charge is 0.382 e. The van der Waals surface area contributed by atoms with Crippen LogP contribution in [0.15, 0.2) is 0 Å². The fourth-order valence-corrected chi connectivity index (χ4v) is 1.11. The molecular formula is C5H4ClIN4O. The maximum absolute atomic E-state index is 10.8. The van der Waals surface area contributed by atoms with Gasteiger partial charge in [0.1, 0.15) is 0 Å². The number of carbonyl (C=O) groups excluding carboxylic acids is 1. The fourth-order valence-electron chi connectivity index (χ4n) is 0.586. The topological polar surface area (TPSA) is 94.9 Å². The Bertz CT molecular complexity index is 342. The van der Waals surface area contributed by atoms with Crippen molar-refractivity contribution in [2.24, 2.45) is 0 Å². The quantitative estimate of drug-likeness (QED) is 0.592. The van der Waals surface area contributed by atoms with E-state index in [0.717, 1.165) is 0 Å². The zero-order chi connectivity index (χ0) is 9.30. The molecular weight excluding hydrogens is 294 g/mol. The van der Waals surface area contributed by atoms with Gasteiger partial charge in [-0.15, -0.1) is 0 Å². The van der Waals surface area contributed by atoms with Crippen molar-refractivity contribution in [3.8, 4) is 0 Å². The summed E-state index contributed by atoms with van der Waals surface area (Å²) in [7, 11) is 0. The van der Waals surface area contributed by atoms with Gasteiger partial charge in [-0.3, -0.25) is 4.79 Å². The number of hydrogen-bond donors (Lipinski definition) is 2.